The molecule has 350 valence electrons. The Bertz CT molecular complexity index is 4130. The third kappa shape index (κ3) is 6.47. The van der Waals surface area contributed by atoms with E-state index in [2.05, 4.69) is 300 Å². The minimum absolute atomic E-state index is 0.946. The van der Waals surface area contributed by atoms with Gasteiger partial charge >= 0.3 is 0 Å². The lowest BCUT2D eigenvalue weighted by Gasteiger charge is -2.45. The minimum Gasteiger partial charge on any atom is -0.327 e. The summed E-state index contributed by atoms with van der Waals surface area (Å²) >= 11 is 0. The molecule has 1 aliphatic rings. The van der Waals surface area contributed by atoms with Crippen LogP contribution in [-0.4, -0.2) is 35.2 Å². The fourth-order valence-corrected chi connectivity index (χ4v) is 22.5. The number of rotatable bonds is 9. The van der Waals surface area contributed by atoms with E-state index in [-0.39, 0.29) is 0 Å². The second-order valence-corrected chi connectivity index (χ2v) is 26.8. The van der Waals surface area contributed by atoms with Gasteiger partial charge in [0.2, 0.25) is 0 Å². The molecule has 4 heterocycles. The fraction of sp³-hybridized carbons (Fsp3) is 0.0149. The van der Waals surface area contributed by atoms with Crippen LogP contribution in [0.5, 0.6) is 0 Å². The maximum atomic E-state index is 5.79. The van der Waals surface area contributed by atoms with Crippen molar-refractivity contribution in [1.29, 1.82) is 0 Å². The first-order valence-corrected chi connectivity index (χ1v) is 29.4. The van der Waals surface area contributed by atoms with Gasteiger partial charge in [-0.2, -0.15) is 0 Å². The highest BCUT2D eigenvalue weighted by molar-refractivity contribution is 7.22. The number of hydrogen-bond donors (Lipinski definition) is 0. The molecule has 0 spiro atoms. The summed E-state index contributed by atoms with van der Waals surface area (Å²) in [6.45, 7) is 0. The van der Waals surface area contributed by atoms with E-state index >= 15 is 0 Å². The van der Waals surface area contributed by atoms with E-state index < -0.39 is 16.1 Å². The molecule has 0 saturated heterocycles. The summed E-state index contributed by atoms with van der Waals surface area (Å²) in [6, 6.07) is 101. The molecule has 0 bridgehead atoms. The molecule has 3 aromatic heterocycles. The van der Waals surface area contributed by atoms with Crippen LogP contribution in [0.4, 0.5) is 17.2 Å². The number of hydrogen-bond acceptors (Lipinski definition) is 3. The topological polar surface area (TPSA) is 38.9 Å². The van der Waals surface area contributed by atoms with Gasteiger partial charge in [0.15, 0.2) is 16.1 Å². The molecule has 7 heteroatoms. The average molecular weight is 980 g/mol. The van der Waals surface area contributed by atoms with Gasteiger partial charge in [-0.3, -0.25) is 4.90 Å². The largest absolute Gasteiger partial charge is 0.327 e. The van der Waals surface area contributed by atoms with Gasteiger partial charge in [0.25, 0.3) is 0 Å². The Morgan fingerprint density at radius 1 is 0.432 bits per heavy atom. The SMILES string of the molecule is Cn1c(-c2cccc([Si](c3ccccc3)(c3ccccc3)c3cccc(N4c5ccccc5[Si](c5ccccc5)(c5ccccc5)c5c4ncc4c6ccccc6n(-c6ccccc6)c54)c3)c2)nc2ccccc21. The van der Waals surface area contributed by atoms with Crippen LogP contribution in [0, 0.1) is 0 Å². The lowest BCUT2D eigenvalue weighted by atomic mass is 10.1. The highest BCUT2D eigenvalue weighted by Crippen LogP contribution is 2.41. The third-order valence-corrected chi connectivity index (χ3v) is 25.1. The van der Waals surface area contributed by atoms with E-state index in [0.29, 0.717) is 0 Å². The van der Waals surface area contributed by atoms with E-state index in [1.54, 1.807) is 0 Å². The van der Waals surface area contributed by atoms with Gasteiger partial charge in [0.05, 0.1) is 22.1 Å². The van der Waals surface area contributed by atoms with Gasteiger partial charge in [0, 0.05) is 51.8 Å². The molecule has 74 heavy (non-hydrogen) atoms. The molecule has 0 N–H and O–H groups in total. The van der Waals surface area contributed by atoms with Gasteiger partial charge in [-0.25, -0.2) is 9.97 Å². The summed E-state index contributed by atoms with van der Waals surface area (Å²) in [5.41, 5.74) is 8.85. The molecular formula is C67H49N5Si2. The maximum Gasteiger partial charge on any atom is 0.188 e. The van der Waals surface area contributed by atoms with Gasteiger partial charge in [0.1, 0.15) is 11.6 Å². The van der Waals surface area contributed by atoms with Gasteiger partial charge in [-0.1, -0.05) is 224 Å². The fourth-order valence-electron chi connectivity index (χ4n) is 12.5. The van der Waals surface area contributed by atoms with Crippen molar-refractivity contribution in [2.75, 3.05) is 4.90 Å². The van der Waals surface area contributed by atoms with Crippen molar-refractivity contribution in [3.8, 4) is 17.1 Å². The number of aromatic nitrogens is 4. The highest BCUT2D eigenvalue weighted by Gasteiger charge is 2.52. The summed E-state index contributed by atoms with van der Waals surface area (Å²) < 4.78 is 4.74. The molecule has 0 unspecified atom stereocenters. The Balaban J connectivity index is 1.10. The maximum absolute atomic E-state index is 5.79. The third-order valence-electron chi connectivity index (χ3n) is 15.5. The Labute approximate surface area is 432 Å². The summed E-state index contributed by atoms with van der Waals surface area (Å²) in [5, 5.41) is 12.7. The molecule has 0 fully saturated rings. The highest BCUT2D eigenvalue weighted by atomic mass is 28.3. The second-order valence-electron chi connectivity index (χ2n) is 19.3. The van der Waals surface area contributed by atoms with Gasteiger partial charge in [-0.05, 0) is 84.8 Å². The first-order chi connectivity index (χ1) is 36.7. The molecule has 0 aliphatic carbocycles. The molecule has 5 nitrogen and oxygen atoms in total. The molecule has 0 saturated carbocycles. The first-order valence-electron chi connectivity index (χ1n) is 25.4. The van der Waals surface area contributed by atoms with Crippen LogP contribution in [0.15, 0.2) is 279 Å². The Kier molecular flexibility index (Phi) is 10.4. The van der Waals surface area contributed by atoms with Crippen molar-refractivity contribution in [1.82, 2.24) is 19.1 Å². The van der Waals surface area contributed by atoms with Gasteiger partial charge < -0.3 is 9.13 Å². The lowest BCUT2D eigenvalue weighted by Crippen LogP contribution is -2.77. The minimum atomic E-state index is -3.23. The number of pyridine rings is 1. The van der Waals surface area contributed by atoms with Crippen molar-refractivity contribution in [2.45, 2.75) is 0 Å². The summed E-state index contributed by atoms with van der Waals surface area (Å²) in [5.74, 6) is 1.89. The molecule has 10 aromatic carbocycles. The number of benzene rings is 10. The number of nitrogens with zero attached hydrogens (tertiary/aromatic N) is 5. The van der Waals surface area contributed by atoms with Crippen molar-refractivity contribution in [2.24, 2.45) is 7.05 Å². The molecule has 0 amide bonds. The molecular weight excluding hydrogens is 931 g/mol. The number of imidazole rings is 1. The number of aryl methyl sites for hydroxylation is 1. The Hall–Kier alpha value is -9.15. The number of anilines is 3. The van der Waals surface area contributed by atoms with Crippen LogP contribution in [0.1, 0.15) is 0 Å². The zero-order valence-electron chi connectivity index (χ0n) is 40.8. The van der Waals surface area contributed by atoms with Crippen molar-refractivity contribution in [3.63, 3.8) is 0 Å². The molecule has 0 atom stereocenters. The van der Waals surface area contributed by atoms with Crippen molar-refractivity contribution in [3.05, 3.63) is 279 Å². The van der Waals surface area contributed by atoms with Crippen LogP contribution in [0.2, 0.25) is 0 Å². The van der Waals surface area contributed by atoms with Crippen LogP contribution in [0.25, 0.3) is 49.9 Å². The Morgan fingerprint density at radius 2 is 0.959 bits per heavy atom. The van der Waals surface area contributed by atoms with Crippen LogP contribution < -0.4 is 46.4 Å². The van der Waals surface area contributed by atoms with Crippen molar-refractivity contribution >= 4 is 108 Å². The van der Waals surface area contributed by atoms with Crippen LogP contribution >= 0.6 is 0 Å². The first kappa shape index (κ1) is 43.6. The van der Waals surface area contributed by atoms with Crippen LogP contribution in [-0.2, 0) is 7.05 Å². The molecule has 14 rings (SSSR count). The monoisotopic (exact) mass is 979 g/mol. The van der Waals surface area contributed by atoms with E-state index in [0.717, 1.165) is 56.2 Å². The smallest absolute Gasteiger partial charge is 0.188 e. The summed E-state index contributed by atoms with van der Waals surface area (Å²) in [6.07, 6.45) is 2.15. The number of para-hydroxylation sites is 5. The standard InChI is InChI=1S/C67H49N5Si2/c1-70-61-42-20-18-40-59(61)69-66(70)48-25-23-37-55(45-48)73(51-29-9-3-10-30-51,52-31-11-4-12-32-52)56-38-24-28-50(46-56)72-62-43-21-22-44-63(62)74(53-33-13-5-14-34-53,54-35-15-6-16-36-54)65-64-58(47-68-67(65)72)57-39-17-19-41-60(57)71(64)49-26-7-2-8-27-49/h2-47H,1H3. The zero-order chi connectivity index (χ0) is 49.2. The predicted octanol–water partition coefficient (Wildman–Crippen LogP) is 10.3. The van der Waals surface area contributed by atoms with Crippen LogP contribution in [0.3, 0.4) is 0 Å². The van der Waals surface area contributed by atoms with E-state index in [1.807, 2.05) is 0 Å². The van der Waals surface area contributed by atoms with E-state index in [4.69, 9.17) is 9.97 Å². The lowest BCUT2D eigenvalue weighted by molar-refractivity contribution is 0.959. The normalized spacial score (nSPS) is 13.0. The summed E-state index contributed by atoms with van der Waals surface area (Å²) in [7, 11) is -4.23. The Morgan fingerprint density at radius 3 is 1.64 bits per heavy atom. The van der Waals surface area contributed by atoms with E-state index in [9.17, 15) is 0 Å². The van der Waals surface area contributed by atoms with Gasteiger partial charge in [-0.15, -0.1) is 0 Å². The second kappa shape index (κ2) is 17.6. The van der Waals surface area contributed by atoms with Crippen molar-refractivity contribution < 1.29 is 0 Å². The van der Waals surface area contributed by atoms with E-state index in [1.165, 1.54) is 52.4 Å². The zero-order valence-corrected chi connectivity index (χ0v) is 42.8. The summed E-state index contributed by atoms with van der Waals surface area (Å²) in [4.78, 5) is 13.5. The quantitative estimate of drug-likeness (QED) is 0.107. The molecule has 1 aliphatic heterocycles. The average Bonchev–Trinajstić information content (AvgIpc) is 4.13. The predicted molar refractivity (Wildman–Crippen MR) is 314 cm³/mol. The number of fused-ring (bicyclic) bond motifs is 7. The molecule has 13 aromatic rings. The molecule has 0 radical (unpaired) electrons.